The van der Waals surface area contributed by atoms with Crippen LogP contribution in [0.4, 0.5) is 0 Å². The minimum absolute atomic E-state index is 0.0996. The predicted octanol–water partition coefficient (Wildman–Crippen LogP) is 4.00. The summed E-state index contributed by atoms with van der Waals surface area (Å²) in [5, 5.41) is 10.3. The summed E-state index contributed by atoms with van der Waals surface area (Å²) in [6.45, 7) is 2.00. The number of benzene rings is 1. The number of esters is 1. The van der Waals surface area contributed by atoms with Gasteiger partial charge < -0.3 is 9.84 Å². The van der Waals surface area contributed by atoms with Crippen molar-refractivity contribution in [3.8, 4) is 0 Å². The summed E-state index contributed by atoms with van der Waals surface area (Å²) >= 11 is 1.61. The lowest BCUT2D eigenvalue weighted by atomic mass is 9.81. The zero-order valence-electron chi connectivity index (χ0n) is 15.1. The third-order valence-electron chi connectivity index (χ3n) is 5.07. The lowest BCUT2D eigenvalue weighted by Gasteiger charge is -2.31. The Morgan fingerprint density at radius 3 is 2.60 bits per heavy atom. The minimum atomic E-state index is -0.581. The van der Waals surface area contributed by atoms with Crippen LogP contribution >= 0.6 is 11.8 Å². The minimum Gasteiger partial charge on any atom is -0.469 e. The number of rotatable bonds is 9. The van der Waals surface area contributed by atoms with E-state index in [0.717, 1.165) is 37.0 Å². The highest BCUT2D eigenvalue weighted by atomic mass is 32.2. The number of aliphatic hydroxyl groups is 1. The van der Waals surface area contributed by atoms with E-state index in [9.17, 15) is 14.7 Å². The fraction of sp³-hybridized carbons (Fsp3) is 0.600. The van der Waals surface area contributed by atoms with E-state index in [2.05, 4.69) is 4.74 Å². The molecule has 0 heterocycles. The third kappa shape index (κ3) is 5.32. The maximum absolute atomic E-state index is 12.5. The zero-order valence-corrected chi connectivity index (χ0v) is 15.9. The van der Waals surface area contributed by atoms with Crippen molar-refractivity contribution < 1.29 is 19.4 Å². The number of ketones is 1. The van der Waals surface area contributed by atoms with Gasteiger partial charge in [0.2, 0.25) is 0 Å². The summed E-state index contributed by atoms with van der Waals surface area (Å²) in [6.07, 6.45) is 4.61. The molecule has 1 aromatic rings. The fourth-order valence-corrected chi connectivity index (χ4v) is 4.84. The van der Waals surface area contributed by atoms with Gasteiger partial charge in [-0.3, -0.25) is 9.59 Å². The molecule has 0 saturated heterocycles. The van der Waals surface area contributed by atoms with Gasteiger partial charge in [-0.25, -0.2) is 0 Å². The second-order valence-electron chi connectivity index (χ2n) is 6.95. The van der Waals surface area contributed by atoms with Gasteiger partial charge in [-0.15, -0.1) is 11.8 Å². The van der Waals surface area contributed by atoms with E-state index in [0.29, 0.717) is 6.42 Å². The van der Waals surface area contributed by atoms with Crippen molar-refractivity contribution in [1.82, 2.24) is 0 Å². The van der Waals surface area contributed by atoms with Crippen LogP contribution in [0.1, 0.15) is 51.9 Å². The Hall–Kier alpha value is -1.33. The summed E-state index contributed by atoms with van der Waals surface area (Å²) in [6, 6.07) is 9.96. The number of hydrogen-bond acceptors (Lipinski definition) is 5. The second kappa shape index (κ2) is 9.39. The maximum Gasteiger partial charge on any atom is 0.305 e. The van der Waals surface area contributed by atoms with Gasteiger partial charge in [-0.1, -0.05) is 44.4 Å². The number of unbranched alkanes of at least 4 members (excludes halogenated alkanes) is 3. The first-order chi connectivity index (χ1) is 12.0. The number of aliphatic hydroxyl groups excluding tert-OH is 1. The van der Waals surface area contributed by atoms with Crippen LogP contribution in [0.2, 0.25) is 0 Å². The van der Waals surface area contributed by atoms with Crippen molar-refractivity contribution in [3.05, 3.63) is 30.3 Å². The molecule has 1 aliphatic carbocycles. The van der Waals surface area contributed by atoms with E-state index in [1.54, 1.807) is 11.8 Å². The lowest BCUT2D eigenvalue weighted by molar-refractivity contribution is -0.140. The first kappa shape index (κ1) is 20.0. The second-order valence-corrected chi connectivity index (χ2v) is 8.17. The SMILES string of the molecule is COC(=O)CCCCCCC1(C)C(=O)CC(O)C1Sc1ccccc1. The molecule has 2 rings (SSSR count). The molecule has 0 radical (unpaired) electrons. The Kier molecular flexibility index (Phi) is 7.51. The van der Waals surface area contributed by atoms with Crippen molar-refractivity contribution in [2.24, 2.45) is 5.41 Å². The molecule has 4 nitrogen and oxygen atoms in total. The Balaban J connectivity index is 1.86. The number of ether oxygens (including phenoxy) is 1. The molecular weight excluding hydrogens is 336 g/mol. The topological polar surface area (TPSA) is 63.6 Å². The largest absolute Gasteiger partial charge is 0.469 e. The average Bonchev–Trinajstić information content (AvgIpc) is 2.82. The van der Waals surface area contributed by atoms with Gasteiger partial charge in [0.05, 0.1) is 13.2 Å². The molecule has 0 bridgehead atoms. The molecular formula is C20H28O4S. The van der Waals surface area contributed by atoms with Gasteiger partial charge in [-0.05, 0) is 25.0 Å². The van der Waals surface area contributed by atoms with Crippen LogP contribution in [0.15, 0.2) is 35.2 Å². The van der Waals surface area contributed by atoms with Crippen molar-refractivity contribution in [3.63, 3.8) is 0 Å². The van der Waals surface area contributed by atoms with Gasteiger partial charge >= 0.3 is 5.97 Å². The lowest BCUT2D eigenvalue weighted by Crippen LogP contribution is -2.34. The number of methoxy groups -OCH3 is 1. The Morgan fingerprint density at radius 1 is 1.24 bits per heavy atom. The van der Waals surface area contributed by atoms with E-state index < -0.39 is 11.5 Å². The highest BCUT2D eigenvalue weighted by molar-refractivity contribution is 8.00. The summed E-state index contributed by atoms with van der Waals surface area (Å²) in [4.78, 5) is 24.7. The van der Waals surface area contributed by atoms with Crippen molar-refractivity contribution in [1.29, 1.82) is 0 Å². The highest BCUT2D eigenvalue weighted by Crippen LogP contribution is 2.48. The first-order valence-corrected chi connectivity index (χ1v) is 9.85. The van der Waals surface area contributed by atoms with Crippen LogP contribution < -0.4 is 0 Å². The van der Waals surface area contributed by atoms with Crippen LogP contribution in [-0.2, 0) is 14.3 Å². The number of carbonyl (C=O) groups is 2. The summed E-state index contributed by atoms with van der Waals surface area (Å²) in [5.41, 5.74) is -0.484. The van der Waals surface area contributed by atoms with E-state index in [4.69, 9.17) is 0 Å². The molecule has 0 amide bonds. The Morgan fingerprint density at radius 2 is 1.92 bits per heavy atom. The standard InChI is InChI=1S/C20H28O4S/c1-20(13-9-4-3-8-12-18(23)24-2)17(22)14-16(21)19(20)25-15-10-6-5-7-11-15/h5-7,10-11,16,19,21H,3-4,8-9,12-14H2,1-2H3. The number of thioether (sulfide) groups is 1. The van der Waals surface area contributed by atoms with Crippen LogP contribution in [0.25, 0.3) is 0 Å². The third-order valence-corrected chi connectivity index (χ3v) is 6.70. The van der Waals surface area contributed by atoms with Gasteiger partial charge in [0.1, 0.15) is 5.78 Å². The molecule has 1 aromatic carbocycles. The summed E-state index contributed by atoms with van der Waals surface area (Å²) in [5.74, 6) is 0.00312. The van der Waals surface area contributed by atoms with Crippen LogP contribution in [-0.4, -0.2) is 35.3 Å². The summed E-state index contributed by atoms with van der Waals surface area (Å²) < 4.78 is 4.64. The molecule has 25 heavy (non-hydrogen) atoms. The first-order valence-electron chi connectivity index (χ1n) is 8.97. The van der Waals surface area contributed by atoms with Crippen molar-refractivity contribution in [2.75, 3.05) is 7.11 Å². The zero-order chi connectivity index (χ0) is 18.3. The predicted molar refractivity (Wildman–Crippen MR) is 99.5 cm³/mol. The molecule has 0 aromatic heterocycles. The normalized spacial score (nSPS) is 26.0. The average molecular weight is 365 g/mol. The summed E-state index contributed by atoms with van der Waals surface area (Å²) in [7, 11) is 1.41. The molecule has 3 atom stereocenters. The Bertz CT molecular complexity index is 574. The smallest absolute Gasteiger partial charge is 0.305 e. The van der Waals surface area contributed by atoms with Gasteiger partial charge in [-0.2, -0.15) is 0 Å². The molecule has 5 heteroatoms. The van der Waals surface area contributed by atoms with Crippen LogP contribution in [0.5, 0.6) is 0 Å². The van der Waals surface area contributed by atoms with Crippen molar-refractivity contribution in [2.45, 2.75) is 68.1 Å². The highest BCUT2D eigenvalue weighted by Gasteiger charge is 2.51. The molecule has 0 spiro atoms. The number of Topliss-reactive ketones (excluding diaryl/α,β-unsaturated/α-hetero) is 1. The quantitative estimate of drug-likeness (QED) is 0.530. The maximum atomic E-state index is 12.5. The van der Waals surface area contributed by atoms with Gasteiger partial charge in [0.15, 0.2) is 0 Å². The molecule has 1 saturated carbocycles. The molecule has 1 fully saturated rings. The van der Waals surface area contributed by atoms with Gasteiger partial charge in [0.25, 0.3) is 0 Å². The number of hydrogen-bond donors (Lipinski definition) is 1. The fourth-order valence-electron chi connectivity index (χ4n) is 3.47. The Labute approximate surface area is 154 Å². The van der Waals surface area contributed by atoms with E-state index in [-0.39, 0.29) is 23.4 Å². The van der Waals surface area contributed by atoms with Crippen LogP contribution in [0.3, 0.4) is 0 Å². The molecule has 1 aliphatic rings. The van der Waals surface area contributed by atoms with E-state index in [1.807, 2.05) is 37.3 Å². The molecule has 3 unspecified atom stereocenters. The van der Waals surface area contributed by atoms with Crippen molar-refractivity contribution >= 4 is 23.5 Å². The molecule has 0 aliphatic heterocycles. The van der Waals surface area contributed by atoms with Crippen LogP contribution in [0, 0.1) is 5.41 Å². The molecule has 138 valence electrons. The number of carbonyl (C=O) groups excluding carboxylic acids is 2. The molecule has 1 N–H and O–H groups in total. The monoisotopic (exact) mass is 364 g/mol. The van der Waals surface area contributed by atoms with E-state index >= 15 is 0 Å². The van der Waals surface area contributed by atoms with E-state index in [1.165, 1.54) is 7.11 Å². The van der Waals surface area contributed by atoms with Gasteiger partial charge in [0, 0.05) is 28.4 Å².